The van der Waals surface area contributed by atoms with E-state index in [-0.39, 0.29) is 18.3 Å². The first kappa shape index (κ1) is 13.2. The fourth-order valence-electron chi connectivity index (χ4n) is 1.13. The van der Waals surface area contributed by atoms with Crippen LogP contribution in [-0.4, -0.2) is 35.8 Å². The molecule has 0 spiro atoms. The van der Waals surface area contributed by atoms with Crippen LogP contribution in [0.5, 0.6) is 11.9 Å². The van der Waals surface area contributed by atoms with Gasteiger partial charge in [-0.05, 0) is 20.8 Å². The summed E-state index contributed by atoms with van der Waals surface area (Å²) >= 11 is 0. The Morgan fingerprint density at radius 3 is 2.41 bits per heavy atom. The summed E-state index contributed by atoms with van der Waals surface area (Å²) in [6, 6.07) is 1.55. The van der Waals surface area contributed by atoms with Gasteiger partial charge in [0, 0.05) is 6.07 Å². The third-order valence-corrected chi connectivity index (χ3v) is 1.73. The van der Waals surface area contributed by atoms with Gasteiger partial charge in [-0.3, -0.25) is 0 Å². The SMILES string of the molecule is CCOC(=O)c1cc(OCC)nc(OCC)n1. The van der Waals surface area contributed by atoms with Crippen LogP contribution < -0.4 is 9.47 Å². The molecule has 0 atom stereocenters. The molecule has 94 valence electrons. The molecule has 0 saturated carbocycles. The summed E-state index contributed by atoms with van der Waals surface area (Å²) in [5.74, 6) is -0.217. The van der Waals surface area contributed by atoms with Gasteiger partial charge in [-0.15, -0.1) is 0 Å². The zero-order valence-electron chi connectivity index (χ0n) is 10.2. The molecule has 0 N–H and O–H groups in total. The van der Waals surface area contributed by atoms with Crippen molar-refractivity contribution in [1.82, 2.24) is 9.97 Å². The summed E-state index contributed by atoms with van der Waals surface area (Å²) < 4.78 is 15.2. The second kappa shape index (κ2) is 6.67. The molecule has 0 radical (unpaired) electrons. The number of carbonyl (C=O) groups is 1. The normalized spacial score (nSPS) is 9.82. The predicted octanol–water partition coefficient (Wildman–Crippen LogP) is 1.45. The van der Waals surface area contributed by atoms with Crippen molar-refractivity contribution < 1.29 is 19.0 Å². The Bertz CT molecular complexity index is 357. The van der Waals surface area contributed by atoms with E-state index in [1.165, 1.54) is 6.07 Å². The fourth-order valence-corrected chi connectivity index (χ4v) is 1.13. The Labute approximate surface area is 99.9 Å². The summed E-state index contributed by atoms with van der Waals surface area (Å²) in [6.45, 7) is 6.51. The predicted molar refractivity (Wildman–Crippen MR) is 60.3 cm³/mol. The molecule has 0 unspecified atom stereocenters. The number of nitrogens with zero attached hydrogens (tertiary/aromatic N) is 2. The van der Waals surface area contributed by atoms with E-state index in [0.29, 0.717) is 19.1 Å². The van der Waals surface area contributed by atoms with E-state index in [4.69, 9.17) is 14.2 Å². The maximum Gasteiger partial charge on any atom is 0.357 e. The van der Waals surface area contributed by atoms with E-state index < -0.39 is 5.97 Å². The van der Waals surface area contributed by atoms with Gasteiger partial charge in [-0.25, -0.2) is 4.79 Å². The lowest BCUT2D eigenvalue weighted by molar-refractivity contribution is 0.0517. The van der Waals surface area contributed by atoms with Crippen molar-refractivity contribution in [2.75, 3.05) is 19.8 Å². The van der Waals surface area contributed by atoms with Crippen LogP contribution in [0.2, 0.25) is 0 Å². The quantitative estimate of drug-likeness (QED) is 0.701. The summed E-state index contributed by atoms with van der Waals surface area (Å²) in [4.78, 5) is 19.5. The van der Waals surface area contributed by atoms with Crippen LogP contribution in [0.15, 0.2) is 6.07 Å². The third-order valence-electron chi connectivity index (χ3n) is 1.73. The van der Waals surface area contributed by atoms with Crippen LogP contribution >= 0.6 is 0 Å². The van der Waals surface area contributed by atoms with Gasteiger partial charge in [0.1, 0.15) is 0 Å². The molecule has 0 amide bonds. The first-order chi connectivity index (χ1) is 8.21. The van der Waals surface area contributed by atoms with Crippen LogP contribution in [0, 0.1) is 0 Å². The summed E-state index contributed by atoms with van der Waals surface area (Å²) in [5.41, 5.74) is 0.133. The van der Waals surface area contributed by atoms with Gasteiger partial charge in [0.25, 0.3) is 0 Å². The van der Waals surface area contributed by atoms with Crippen molar-refractivity contribution in [3.8, 4) is 11.9 Å². The molecule has 0 fully saturated rings. The third kappa shape index (κ3) is 3.90. The first-order valence-corrected chi connectivity index (χ1v) is 5.53. The van der Waals surface area contributed by atoms with Crippen LogP contribution in [-0.2, 0) is 4.74 Å². The molecule has 1 rings (SSSR count). The molecule has 0 aliphatic carbocycles. The highest BCUT2D eigenvalue weighted by Crippen LogP contribution is 2.15. The van der Waals surface area contributed by atoms with Crippen LogP contribution in [0.1, 0.15) is 31.3 Å². The summed E-state index contributed by atoms with van der Waals surface area (Å²) in [6.07, 6.45) is 0. The lowest BCUT2D eigenvalue weighted by atomic mass is 10.4. The van der Waals surface area contributed by atoms with Gasteiger partial charge in [-0.2, -0.15) is 9.97 Å². The maximum absolute atomic E-state index is 11.5. The Morgan fingerprint density at radius 2 is 1.82 bits per heavy atom. The monoisotopic (exact) mass is 240 g/mol. The minimum Gasteiger partial charge on any atom is -0.478 e. The van der Waals surface area contributed by atoms with Crippen LogP contribution in [0.25, 0.3) is 0 Å². The number of hydrogen-bond donors (Lipinski definition) is 0. The highest BCUT2D eigenvalue weighted by Gasteiger charge is 2.13. The topological polar surface area (TPSA) is 70.5 Å². The van der Waals surface area contributed by atoms with Gasteiger partial charge >= 0.3 is 12.0 Å². The lowest BCUT2D eigenvalue weighted by Gasteiger charge is -2.07. The van der Waals surface area contributed by atoms with Crippen molar-refractivity contribution in [2.24, 2.45) is 0 Å². The van der Waals surface area contributed by atoms with E-state index in [0.717, 1.165) is 0 Å². The van der Waals surface area contributed by atoms with Gasteiger partial charge in [0.15, 0.2) is 5.69 Å². The van der Waals surface area contributed by atoms with Gasteiger partial charge in [0.2, 0.25) is 5.88 Å². The van der Waals surface area contributed by atoms with E-state index in [1.807, 2.05) is 6.92 Å². The van der Waals surface area contributed by atoms with E-state index in [9.17, 15) is 4.79 Å². The molecule has 6 nitrogen and oxygen atoms in total. The van der Waals surface area contributed by atoms with Crippen molar-refractivity contribution in [1.29, 1.82) is 0 Å². The molecular weight excluding hydrogens is 224 g/mol. The average Bonchev–Trinajstić information content (AvgIpc) is 2.30. The standard InChI is InChI=1S/C11H16N2O4/c1-4-15-9-7-8(10(14)16-5-2)12-11(13-9)17-6-3/h7H,4-6H2,1-3H3. The van der Waals surface area contributed by atoms with Crippen LogP contribution in [0.3, 0.4) is 0 Å². The molecule has 0 aliphatic heterocycles. The Kier molecular flexibility index (Phi) is 5.19. The van der Waals surface area contributed by atoms with Gasteiger partial charge in [0.05, 0.1) is 19.8 Å². The molecule has 6 heteroatoms. The van der Waals surface area contributed by atoms with Crippen LogP contribution in [0.4, 0.5) is 0 Å². The zero-order chi connectivity index (χ0) is 12.7. The second-order valence-corrected chi connectivity index (χ2v) is 2.96. The van der Waals surface area contributed by atoms with E-state index >= 15 is 0 Å². The lowest BCUT2D eigenvalue weighted by Crippen LogP contribution is -2.10. The molecule has 0 aliphatic rings. The minimum atomic E-state index is -0.517. The molecule has 0 aromatic carbocycles. The number of aromatic nitrogens is 2. The van der Waals surface area contributed by atoms with E-state index in [2.05, 4.69) is 9.97 Å². The smallest absolute Gasteiger partial charge is 0.357 e. The molecule has 0 saturated heterocycles. The Balaban J connectivity index is 2.98. The molecule has 17 heavy (non-hydrogen) atoms. The number of carbonyl (C=O) groups excluding carboxylic acids is 1. The van der Waals surface area contributed by atoms with Crippen molar-refractivity contribution in [3.63, 3.8) is 0 Å². The summed E-state index contributed by atoms with van der Waals surface area (Å²) in [5, 5.41) is 0. The number of esters is 1. The molecule has 0 bridgehead atoms. The molecule has 1 heterocycles. The van der Waals surface area contributed by atoms with Gasteiger partial charge in [-0.1, -0.05) is 0 Å². The zero-order valence-corrected chi connectivity index (χ0v) is 10.2. The van der Waals surface area contributed by atoms with Crippen molar-refractivity contribution in [3.05, 3.63) is 11.8 Å². The summed E-state index contributed by atoms with van der Waals surface area (Å²) in [7, 11) is 0. The second-order valence-electron chi connectivity index (χ2n) is 2.96. The Hall–Kier alpha value is -1.85. The van der Waals surface area contributed by atoms with Crippen molar-refractivity contribution in [2.45, 2.75) is 20.8 Å². The highest BCUT2D eigenvalue weighted by atomic mass is 16.5. The molecule has 1 aromatic heterocycles. The molecular formula is C11H16N2O4. The Morgan fingerprint density at radius 1 is 1.12 bits per heavy atom. The number of ether oxygens (including phenoxy) is 3. The maximum atomic E-state index is 11.5. The van der Waals surface area contributed by atoms with Gasteiger partial charge < -0.3 is 14.2 Å². The fraction of sp³-hybridized carbons (Fsp3) is 0.545. The molecule has 1 aromatic rings. The average molecular weight is 240 g/mol. The highest BCUT2D eigenvalue weighted by molar-refractivity contribution is 5.87. The van der Waals surface area contributed by atoms with E-state index in [1.54, 1.807) is 13.8 Å². The first-order valence-electron chi connectivity index (χ1n) is 5.53. The minimum absolute atomic E-state index is 0.113. The number of rotatable bonds is 6. The van der Waals surface area contributed by atoms with Crippen molar-refractivity contribution >= 4 is 5.97 Å². The number of hydrogen-bond acceptors (Lipinski definition) is 6. The largest absolute Gasteiger partial charge is 0.478 e.